The summed E-state index contributed by atoms with van der Waals surface area (Å²) in [5.74, 6) is -5.70. The Kier molecular flexibility index (Phi) is 3.00. The van der Waals surface area contributed by atoms with Crippen molar-refractivity contribution in [3.05, 3.63) is 39.4 Å². The van der Waals surface area contributed by atoms with E-state index < -0.39 is 46.4 Å². The average Bonchev–Trinajstić information content (AvgIpc) is 2.28. The first-order valence-electron chi connectivity index (χ1n) is 5.43. The highest BCUT2D eigenvalue weighted by Crippen LogP contribution is 2.54. The molecular formula is C11H10F4N2O2. The van der Waals surface area contributed by atoms with Crippen LogP contribution in [0.3, 0.4) is 0 Å². The lowest BCUT2D eigenvalue weighted by Crippen LogP contribution is -2.54. The van der Waals surface area contributed by atoms with Gasteiger partial charge in [-0.3, -0.25) is 10.1 Å². The maximum Gasteiger partial charge on any atom is 0.276 e. The normalized spacial score (nSPS) is 19.8. The summed E-state index contributed by atoms with van der Waals surface area (Å²) in [7, 11) is 0. The van der Waals surface area contributed by atoms with E-state index in [1.165, 1.54) is 0 Å². The monoisotopic (exact) mass is 278 g/mol. The van der Waals surface area contributed by atoms with Crippen LogP contribution in [0.2, 0.25) is 0 Å². The van der Waals surface area contributed by atoms with Gasteiger partial charge in [-0.25, -0.2) is 17.6 Å². The van der Waals surface area contributed by atoms with Crippen molar-refractivity contribution in [3.63, 3.8) is 0 Å². The lowest BCUT2D eigenvalue weighted by Gasteiger charge is -2.46. The average molecular weight is 278 g/mol. The van der Waals surface area contributed by atoms with E-state index in [1.807, 2.05) is 0 Å². The van der Waals surface area contributed by atoms with Crippen LogP contribution in [0.15, 0.2) is 12.1 Å². The van der Waals surface area contributed by atoms with Crippen molar-refractivity contribution in [2.24, 2.45) is 5.73 Å². The fraction of sp³-hybridized carbons (Fsp3) is 0.455. The van der Waals surface area contributed by atoms with Crippen LogP contribution in [0.25, 0.3) is 0 Å². The van der Waals surface area contributed by atoms with Crippen LogP contribution in [0, 0.1) is 21.7 Å². The largest absolute Gasteiger partial charge is 0.330 e. The Bertz CT molecular complexity index is 540. The van der Waals surface area contributed by atoms with E-state index in [2.05, 4.69) is 0 Å². The molecule has 0 aromatic heterocycles. The van der Waals surface area contributed by atoms with E-state index in [1.54, 1.807) is 0 Å². The molecule has 2 rings (SSSR count). The first kappa shape index (κ1) is 13.7. The number of alkyl halides is 2. The fourth-order valence-corrected chi connectivity index (χ4v) is 2.50. The van der Waals surface area contributed by atoms with Gasteiger partial charge in [-0.2, -0.15) is 0 Å². The quantitative estimate of drug-likeness (QED) is 0.524. The topological polar surface area (TPSA) is 69.2 Å². The van der Waals surface area contributed by atoms with Gasteiger partial charge in [0.2, 0.25) is 5.92 Å². The van der Waals surface area contributed by atoms with Crippen molar-refractivity contribution >= 4 is 5.69 Å². The number of benzene rings is 1. The molecule has 1 aliphatic carbocycles. The summed E-state index contributed by atoms with van der Waals surface area (Å²) in [6.45, 7) is -0.297. The number of nitrogens with zero attached hydrogens (tertiary/aromatic N) is 1. The molecule has 8 heteroatoms. The minimum Gasteiger partial charge on any atom is -0.330 e. The predicted octanol–water partition coefficient (Wildman–Crippen LogP) is 2.50. The van der Waals surface area contributed by atoms with E-state index in [4.69, 9.17) is 5.73 Å². The highest BCUT2D eigenvalue weighted by molar-refractivity contribution is 5.48. The Hall–Kier alpha value is -1.70. The number of rotatable bonds is 3. The Morgan fingerprint density at radius 3 is 2.21 bits per heavy atom. The summed E-state index contributed by atoms with van der Waals surface area (Å²) >= 11 is 0. The molecule has 0 atom stereocenters. The number of hydrogen-bond donors (Lipinski definition) is 1. The van der Waals surface area contributed by atoms with Crippen LogP contribution >= 0.6 is 0 Å². The zero-order chi connectivity index (χ0) is 14.4. The third-order valence-electron chi connectivity index (χ3n) is 3.39. The van der Waals surface area contributed by atoms with Gasteiger partial charge in [0.25, 0.3) is 5.69 Å². The fourth-order valence-electron chi connectivity index (χ4n) is 2.50. The maximum absolute atomic E-state index is 13.2. The van der Waals surface area contributed by atoms with E-state index in [0.29, 0.717) is 12.1 Å². The molecule has 0 unspecified atom stereocenters. The molecule has 2 N–H and O–H groups in total. The molecule has 1 aliphatic rings. The summed E-state index contributed by atoms with van der Waals surface area (Å²) < 4.78 is 52.3. The molecule has 0 spiro atoms. The second kappa shape index (κ2) is 4.16. The standard InChI is InChI=1S/C11H10F4N2O2/c12-7-1-6(9(17(18)19)2-8(7)13)10(5-16)3-11(14,15)4-10/h1-2H,3-5,16H2. The SMILES string of the molecule is NCC1(c2cc(F)c(F)cc2[N+](=O)[O-])CC(F)(F)C1. The number of nitrogens with two attached hydrogens (primary N) is 1. The molecule has 1 aromatic rings. The Morgan fingerprint density at radius 1 is 1.26 bits per heavy atom. The first-order chi connectivity index (χ1) is 8.71. The first-order valence-corrected chi connectivity index (χ1v) is 5.43. The van der Waals surface area contributed by atoms with Gasteiger partial charge in [0.1, 0.15) is 0 Å². The Morgan fingerprint density at radius 2 is 1.79 bits per heavy atom. The second-order valence-corrected chi connectivity index (χ2v) is 4.73. The zero-order valence-electron chi connectivity index (χ0n) is 9.63. The van der Waals surface area contributed by atoms with E-state index in [-0.39, 0.29) is 12.1 Å². The summed E-state index contributed by atoms with van der Waals surface area (Å²) in [5, 5.41) is 10.8. The molecule has 104 valence electrons. The molecular weight excluding hydrogens is 268 g/mol. The summed E-state index contributed by atoms with van der Waals surface area (Å²) in [5.41, 5.74) is 3.04. The summed E-state index contributed by atoms with van der Waals surface area (Å²) in [4.78, 5) is 9.91. The van der Waals surface area contributed by atoms with Crippen molar-refractivity contribution in [1.29, 1.82) is 0 Å². The van der Waals surface area contributed by atoms with Gasteiger partial charge in [0.05, 0.1) is 11.0 Å². The lowest BCUT2D eigenvalue weighted by atomic mass is 9.61. The van der Waals surface area contributed by atoms with Crippen molar-refractivity contribution in [2.45, 2.75) is 24.2 Å². The smallest absolute Gasteiger partial charge is 0.276 e. The van der Waals surface area contributed by atoms with Gasteiger partial charge in [0.15, 0.2) is 11.6 Å². The molecule has 4 nitrogen and oxygen atoms in total. The van der Waals surface area contributed by atoms with E-state index in [9.17, 15) is 27.7 Å². The molecule has 1 fully saturated rings. The minimum absolute atomic E-state index is 0.273. The van der Waals surface area contributed by atoms with E-state index in [0.717, 1.165) is 0 Å². The lowest BCUT2D eigenvalue weighted by molar-refractivity contribution is -0.386. The van der Waals surface area contributed by atoms with Crippen LogP contribution in [0.1, 0.15) is 18.4 Å². The number of nitro groups is 1. The molecule has 1 aromatic carbocycles. The van der Waals surface area contributed by atoms with Crippen molar-refractivity contribution < 1.29 is 22.5 Å². The summed E-state index contributed by atoms with van der Waals surface area (Å²) in [6, 6.07) is 0.994. The Balaban J connectivity index is 2.55. The van der Waals surface area contributed by atoms with Crippen molar-refractivity contribution in [3.8, 4) is 0 Å². The summed E-state index contributed by atoms with van der Waals surface area (Å²) in [6.07, 6.45) is -1.41. The highest BCUT2D eigenvalue weighted by atomic mass is 19.3. The van der Waals surface area contributed by atoms with Crippen LogP contribution in [-0.2, 0) is 5.41 Å². The molecule has 19 heavy (non-hydrogen) atoms. The number of nitro benzene ring substituents is 1. The minimum atomic E-state index is -2.99. The highest BCUT2D eigenvalue weighted by Gasteiger charge is 2.58. The van der Waals surface area contributed by atoms with Gasteiger partial charge in [0, 0.05) is 30.4 Å². The predicted molar refractivity (Wildman–Crippen MR) is 57.9 cm³/mol. The van der Waals surface area contributed by atoms with Crippen molar-refractivity contribution in [2.75, 3.05) is 6.54 Å². The van der Waals surface area contributed by atoms with Crippen molar-refractivity contribution in [1.82, 2.24) is 0 Å². The van der Waals surface area contributed by atoms with Crippen LogP contribution < -0.4 is 5.73 Å². The third-order valence-corrected chi connectivity index (χ3v) is 3.39. The number of hydrogen-bond acceptors (Lipinski definition) is 3. The van der Waals surface area contributed by atoms with Gasteiger partial charge >= 0.3 is 0 Å². The number of halogens is 4. The Labute approximate surface area is 105 Å². The van der Waals surface area contributed by atoms with Gasteiger partial charge in [-0.05, 0) is 6.07 Å². The molecule has 0 bridgehead atoms. The molecule has 0 radical (unpaired) electrons. The zero-order valence-corrected chi connectivity index (χ0v) is 9.63. The molecule has 0 heterocycles. The maximum atomic E-state index is 13.2. The third kappa shape index (κ3) is 2.16. The second-order valence-electron chi connectivity index (χ2n) is 4.73. The molecule has 1 saturated carbocycles. The van der Waals surface area contributed by atoms with Gasteiger partial charge < -0.3 is 5.73 Å². The molecule has 0 saturated heterocycles. The van der Waals surface area contributed by atoms with E-state index >= 15 is 0 Å². The molecule has 0 amide bonds. The van der Waals surface area contributed by atoms with Crippen LogP contribution in [0.4, 0.5) is 23.2 Å². The molecule has 0 aliphatic heterocycles. The van der Waals surface area contributed by atoms with Gasteiger partial charge in [-0.15, -0.1) is 0 Å². The van der Waals surface area contributed by atoms with Crippen LogP contribution in [0.5, 0.6) is 0 Å². The van der Waals surface area contributed by atoms with Crippen LogP contribution in [-0.4, -0.2) is 17.4 Å². The van der Waals surface area contributed by atoms with Gasteiger partial charge in [-0.1, -0.05) is 0 Å².